The highest BCUT2D eigenvalue weighted by atomic mass is 35.5. The van der Waals surface area contributed by atoms with Crippen molar-refractivity contribution in [1.29, 1.82) is 5.26 Å². The number of pyridine rings is 2. The molecule has 0 atom stereocenters. The molecule has 0 aliphatic heterocycles. The van der Waals surface area contributed by atoms with Crippen LogP contribution in [0.3, 0.4) is 0 Å². The molecule has 750 valence electrons. The van der Waals surface area contributed by atoms with Gasteiger partial charge in [-0.2, -0.15) is 5.26 Å². The summed E-state index contributed by atoms with van der Waals surface area (Å²) < 4.78 is 89.3. The van der Waals surface area contributed by atoms with Gasteiger partial charge in [0.2, 0.25) is 23.6 Å². The van der Waals surface area contributed by atoms with Gasteiger partial charge in [0.25, 0.3) is 0 Å². The molecule has 43 heteroatoms. The van der Waals surface area contributed by atoms with Gasteiger partial charge >= 0.3 is 0 Å². The zero-order valence-corrected chi connectivity index (χ0v) is 83.5. The summed E-state index contributed by atoms with van der Waals surface area (Å²) in [6, 6.07) is 75.0. The van der Waals surface area contributed by atoms with E-state index in [1.807, 2.05) is 104 Å². The number of nitrogens with one attached hydrogen (secondary N) is 12. The Hall–Kier alpha value is -16.6. The molecule has 3 aliphatic carbocycles. The summed E-state index contributed by atoms with van der Waals surface area (Å²) in [5, 5.41) is 46.9. The first-order chi connectivity index (χ1) is 70.7. The molecule has 0 radical (unpaired) electrons. The van der Waals surface area contributed by atoms with Crippen LogP contribution >= 0.6 is 46.4 Å². The Labute approximate surface area is 864 Å². The van der Waals surface area contributed by atoms with Gasteiger partial charge in [0.1, 0.15) is 126 Å². The molecule has 15 aromatic rings. The van der Waals surface area contributed by atoms with Crippen LogP contribution in [0.1, 0.15) is 55.5 Å². The first-order valence-electron chi connectivity index (χ1n) is 45.2. The summed E-state index contributed by atoms with van der Waals surface area (Å²) in [6.07, 6.45) is 17.0. The van der Waals surface area contributed by atoms with Gasteiger partial charge in [-0.1, -0.05) is 101 Å². The quantitative estimate of drug-likeness (QED) is 0.0161. The third-order valence-electron chi connectivity index (χ3n) is 22.3. The van der Waals surface area contributed by atoms with E-state index in [-0.39, 0.29) is 29.3 Å². The zero-order valence-electron chi connectivity index (χ0n) is 78.9. The molecule has 35 nitrogen and oxygen atoms in total. The second kappa shape index (κ2) is 48.2. The molecule has 6 heterocycles. The Kier molecular flexibility index (Phi) is 34.3. The number of nitrogens with zero attached hydrogens (tertiary/aromatic N) is 12. The fraction of sp³-hybridized carbons (Fsp3) is 0.163. The van der Waals surface area contributed by atoms with Gasteiger partial charge in [-0.05, 0) is 240 Å². The first kappa shape index (κ1) is 105. The number of nitriles is 1. The molecule has 147 heavy (non-hydrogen) atoms. The minimum Gasteiger partial charge on any atom is -0.487 e. The highest BCUT2D eigenvalue weighted by Crippen LogP contribution is 2.48. The lowest BCUT2D eigenvalue weighted by Crippen LogP contribution is -2.36. The monoisotopic (exact) mass is 2100 g/mol. The van der Waals surface area contributed by atoms with Crippen LogP contribution < -0.4 is 78.0 Å². The topological polar surface area (TPSA) is 465 Å². The molecular formula is C104H94Cl4F2N24O11S2. The van der Waals surface area contributed by atoms with Gasteiger partial charge in [0.15, 0.2) is 29.2 Å². The normalized spacial score (nSPS) is 13.0. The molecule has 6 aromatic heterocycles. The molecule has 0 saturated heterocycles. The van der Waals surface area contributed by atoms with Crippen LogP contribution in [-0.4, -0.2) is 138 Å². The Balaban J connectivity index is 0.000000147. The maximum absolute atomic E-state index is 13.4. The van der Waals surface area contributed by atoms with Crippen molar-refractivity contribution in [3.8, 4) is 23.3 Å². The van der Waals surface area contributed by atoms with Crippen LogP contribution in [0.4, 0.5) is 124 Å². The number of halogens is 6. The van der Waals surface area contributed by atoms with E-state index in [0.29, 0.717) is 194 Å². The molecule has 3 fully saturated rings. The molecule has 9 aromatic carbocycles. The molecule has 12 N–H and O–H groups in total. The highest BCUT2D eigenvalue weighted by Gasteiger charge is 2.60. The molecule has 3 saturated carbocycles. The van der Waals surface area contributed by atoms with Crippen LogP contribution in [0.25, 0.3) is 0 Å². The molecule has 0 bridgehead atoms. The largest absolute Gasteiger partial charge is 0.487 e. The maximum atomic E-state index is 13.4. The maximum Gasteiger partial charge on any atom is 0.248 e. The van der Waals surface area contributed by atoms with Crippen LogP contribution in [0.2, 0.25) is 20.1 Å². The summed E-state index contributed by atoms with van der Waals surface area (Å²) in [7, 11) is -3.10. The number of likely N-dealkylation sites (N-methyl/N-ethyl adjacent to an activating group) is 1. The Morgan fingerprint density at radius 3 is 0.993 bits per heavy atom. The highest BCUT2D eigenvalue weighted by molar-refractivity contribution is 7.93. The number of anilines is 20. The van der Waals surface area contributed by atoms with Gasteiger partial charge in [0.05, 0.1) is 37.5 Å². The minimum absolute atomic E-state index is 0.00915. The van der Waals surface area contributed by atoms with Crippen LogP contribution in [0.5, 0.6) is 17.2 Å². The number of carbonyl (C=O) groups is 4. The molecular weight excluding hydrogens is 2010 g/mol. The number of sulfone groups is 2. The lowest BCUT2D eigenvalue weighted by Gasteiger charge is -2.14. The van der Waals surface area contributed by atoms with Crippen LogP contribution in [-0.2, 0) is 58.7 Å². The Bertz CT molecular complexity index is 7620. The Morgan fingerprint density at radius 2 is 0.687 bits per heavy atom. The van der Waals surface area contributed by atoms with E-state index < -0.39 is 52.2 Å². The van der Waals surface area contributed by atoms with Gasteiger partial charge in [-0.15, -0.1) is 0 Å². The number of rotatable bonds is 37. The van der Waals surface area contributed by atoms with Crippen molar-refractivity contribution < 1.29 is 59.0 Å². The number of amides is 4. The fourth-order valence-electron chi connectivity index (χ4n) is 14.1. The first-order valence-corrected chi connectivity index (χ1v) is 50.5. The third-order valence-corrected chi connectivity index (χ3v) is 27.5. The van der Waals surface area contributed by atoms with E-state index >= 15 is 0 Å². The summed E-state index contributed by atoms with van der Waals surface area (Å²) in [6.45, 7) is 1.50. The average Bonchev–Trinajstić information content (AvgIpc) is 1.59. The van der Waals surface area contributed by atoms with E-state index in [2.05, 4.69) is 120 Å². The van der Waals surface area contributed by atoms with Gasteiger partial charge in [0, 0.05) is 130 Å². The molecule has 0 spiro atoms. The van der Waals surface area contributed by atoms with E-state index in [0.717, 1.165) is 41.0 Å². The lowest BCUT2D eigenvalue weighted by atomic mass is 10.1. The van der Waals surface area contributed by atoms with Gasteiger partial charge in [-0.3, -0.25) is 29.1 Å². The molecule has 4 amide bonds. The Morgan fingerprint density at radius 1 is 0.367 bits per heavy atom. The van der Waals surface area contributed by atoms with E-state index in [9.17, 15) is 50.1 Å². The SMILES string of the molecule is CN(C)C/C=C/C(=O)Nc1cccc(Nc2cc(Nc3ccc(OCc4cccc(F)c4)c(Cl)c3)ncn2)c1.CS(=O)(=O)C1(C(=O)Nc2cccc(Nc3cc(Nc4ccc(F)c(Cl)c4)ncn3)c2)CC1.CS(=O)(=O)C1(C(=O)Nc2cccc(Nc3cc(Nc4ccc(OCc5ccccn5)c(Cl)c4)ncn3)c2)CC1.N#CC1(C(=O)Nc2cccc(Nc3cc(Nc4ccc(OCc5ccccn5)c(Cl)c4)ncn3)c2)CC1. The van der Waals surface area contributed by atoms with Crippen molar-refractivity contribution in [2.24, 2.45) is 5.41 Å². The van der Waals surface area contributed by atoms with Gasteiger partial charge in [-0.25, -0.2) is 65.5 Å². The summed E-state index contributed by atoms with van der Waals surface area (Å²) in [5.41, 5.74) is 9.08. The molecule has 3 aliphatic rings. The number of hydrogen-bond acceptors (Lipinski definition) is 31. The van der Waals surface area contributed by atoms with Crippen molar-refractivity contribution in [2.75, 3.05) is 97.0 Å². The smallest absolute Gasteiger partial charge is 0.248 e. The number of benzene rings is 9. The zero-order chi connectivity index (χ0) is 104. The third kappa shape index (κ3) is 30.0. The van der Waals surface area contributed by atoms with Crippen molar-refractivity contribution >= 4 is 204 Å². The predicted octanol–water partition coefficient (Wildman–Crippen LogP) is 21.6. The van der Waals surface area contributed by atoms with E-state index in [1.54, 1.807) is 158 Å². The summed E-state index contributed by atoms with van der Waals surface area (Å²) in [5.74, 6) is 3.41. The molecule has 18 rings (SSSR count). The molecule has 0 unspecified atom stereocenters. The van der Waals surface area contributed by atoms with Crippen molar-refractivity contribution in [1.82, 2.24) is 54.7 Å². The minimum atomic E-state index is -3.49. The average molecular weight is 2100 g/mol. The summed E-state index contributed by atoms with van der Waals surface area (Å²) >= 11 is 25.0. The summed E-state index contributed by atoms with van der Waals surface area (Å²) in [4.78, 5) is 94.0. The van der Waals surface area contributed by atoms with Crippen LogP contribution in [0.15, 0.2) is 305 Å². The van der Waals surface area contributed by atoms with Crippen LogP contribution in [0, 0.1) is 28.4 Å². The van der Waals surface area contributed by atoms with Crippen molar-refractivity contribution in [3.63, 3.8) is 0 Å². The van der Waals surface area contributed by atoms with Crippen molar-refractivity contribution in [2.45, 2.75) is 67.8 Å². The van der Waals surface area contributed by atoms with E-state index in [4.69, 9.17) is 60.6 Å². The van der Waals surface area contributed by atoms with E-state index in [1.165, 1.54) is 61.7 Å². The lowest BCUT2D eigenvalue weighted by molar-refractivity contribution is -0.119. The number of ether oxygens (including phenoxy) is 3. The number of aromatic nitrogens is 10. The van der Waals surface area contributed by atoms with Crippen molar-refractivity contribution in [3.05, 3.63) is 353 Å². The fourth-order valence-corrected chi connectivity index (χ4v) is 17.5. The van der Waals surface area contributed by atoms with Gasteiger partial charge < -0.3 is 82.9 Å². The predicted molar refractivity (Wildman–Crippen MR) is 567 cm³/mol. The standard InChI is InChI=1S/C29H28ClFN6O2.C27H22ClN7O2.C27H25ClN6O4S.C21H19ClFN5O3S/c1-37(2)13-5-10-29(38)36-23-9-4-8-22(15-23)34-27-17-28(33-19-32-27)35-24-11-12-26(25(30)16-24)39-18-20-6-3-7-21(31)14-20;28-22-13-20(7-8-23(22)37-15-21-4-1-2-11-30-21)34-25-14-24(31-17-32-25)33-18-5-3-6-19(12-18)35-26(36)27(16-29)9-10-27;1-39(36,37)27(10-11-27)26(35)34-19-7-4-6-18(13-19)32-24-15-25(31-17-30-24)33-20-8-9-23(22(28)14-20)38-16-21-5-2-3-12-29-21;1-32(30,31)21(7-8-21)20(29)28-14-4-2-3-13(9-14)26-18-11-19(25-12-24-18)27-15-5-6-17(23)16(22)10-15/h3-12,14-17,19H,13,18H2,1-2H3,(H,36,38)(H2,32,33,34,35);1-8,11-14,17H,9-10,15H2,(H,35,36)(H2,31,32,33,34);2-9,12-15,17H,10-11,16H2,1H3,(H,34,35)(H2,30,31,32,33);2-6,9-12H,7-8H2,1H3,(H,28,29)(H2,24,25,26,27)/b10-5+;;;. The second-order valence-corrected chi connectivity index (χ2v) is 40.2. The number of hydrogen-bond donors (Lipinski definition) is 12. The second-order valence-electron chi connectivity index (χ2n) is 33.9. The number of carbonyl (C=O) groups excluding carboxylic acids is 4.